The van der Waals surface area contributed by atoms with Gasteiger partial charge in [0.05, 0.1) is 11.4 Å². The molecule has 3 aromatic heterocycles. The van der Waals surface area contributed by atoms with E-state index in [1.807, 2.05) is 39.0 Å². The summed E-state index contributed by atoms with van der Waals surface area (Å²) in [6.07, 6.45) is 3.42. The van der Waals surface area contributed by atoms with Crippen LogP contribution in [0.5, 0.6) is 0 Å². The maximum atomic E-state index is 12.6. The van der Waals surface area contributed by atoms with E-state index < -0.39 is 11.8 Å². The number of nitrogens with zero attached hydrogens (tertiary/aromatic N) is 3. The first-order valence-corrected chi connectivity index (χ1v) is 9.53. The largest absolute Gasteiger partial charge is 0.361 e. The van der Waals surface area contributed by atoms with Gasteiger partial charge in [-0.1, -0.05) is 32.9 Å². The lowest BCUT2D eigenvalue weighted by molar-refractivity contribution is -0.133. The van der Waals surface area contributed by atoms with Gasteiger partial charge in [0.15, 0.2) is 5.82 Å². The summed E-state index contributed by atoms with van der Waals surface area (Å²) in [5, 5.41) is 10.7. The van der Waals surface area contributed by atoms with Crippen LogP contribution in [-0.4, -0.2) is 31.6 Å². The van der Waals surface area contributed by atoms with Gasteiger partial charge in [0.2, 0.25) is 0 Å². The molecule has 0 aliphatic rings. The molecule has 8 nitrogen and oxygen atoms in total. The molecular weight excluding hydrogens is 380 g/mol. The molecule has 0 atom stereocenters. The van der Waals surface area contributed by atoms with Crippen LogP contribution in [0.15, 0.2) is 60.9 Å². The highest BCUT2D eigenvalue weighted by Gasteiger charge is 2.23. The second kappa shape index (κ2) is 7.47. The topological polar surface area (TPSA) is 105 Å². The van der Waals surface area contributed by atoms with Crippen LogP contribution in [0, 0.1) is 0 Å². The number of benzene rings is 1. The van der Waals surface area contributed by atoms with E-state index >= 15 is 0 Å². The molecule has 0 fully saturated rings. The van der Waals surface area contributed by atoms with Gasteiger partial charge in [-0.15, -0.1) is 0 Å². The van der Waals surface area contributed by atoms with Crippen LogP contribution in [-0.2, 0) is 15.0 Å². The van der Waals surface area contributed by atoms with E-state index in [2.05, 4.69) is 25.7 Å². The number of nitrogens with one attached hydrogen (secondary N) is 3. The Hall–Kier alpha value is -3.94. The summed E-state index contributed by atoms with van der Waals surface area (Å²) in [5.41, 5.74) is 1.95. The Kier molecular flexibility index (Phi) is 4.83. The Morgan fingerprint density at radius 1 is 1.00 bits per heavy atom. The van der Waals surface area contributed by atoms with E-state index in [-0.39, 0.29) is 5.41 Å². The van der Waals surface area contributed by atoms with Crippen molar-refractivity contribution in [3.05, 3.63) is 66.6 Å². The quantitative estimate of drug-likeness (QED) is 0.455. The molecule has 0 saturated carbocycles. The summed E-state index contributed by atoms with van der Waals surface area (Å²) in [7, 11) is 0. The maximum absolute atomic E-state index is 12.6. The molecule has 3 heterocycles. The van der Waals surface area contributed by atoms with E-state index in [9.17, 15) is 9.59 Å². The molecule has 4 aromatic rings. The van der Waals surface area contributed by atoms with Gasteiger partial charge in [0.1, 0.15) is 5.82 Å². The number of amides is 2. The molecule has 0 bridgehead atoms. The summed E-state index contributed by atoms with van der Waals surface area (Å²) >= 11 is 0. The minimum Gasteiger partial charge on any atom is -0.361 e. The fourth-order valence-electron chi connectivity index (χ4n) is 3.04. The highest BCUT2D eigenvalue weighted by atomic mass is 16.2. The number of pyridine rings is 1. The third-order valence-electron chi connectivity index (χ3n) is 4.64. The Balaban J connectivity index is 1.60. The lowest BCUT2D eigenvalue weighted by atomic mass is 9.92. The van der Waals surface area contributed by atoms with Gasteiger partial charge in [0.25, 0.3) is 0 Å². The molecular formula is C22H22N6O2. The Morgan fingerprint density at radius 3 is 2.53 bits per heavy atom. The fraction of sp³-hybridized carbons (Fsp3) is 0.182. The molecule has 0 saturated heterocycles. The van der Waals surface area contributed by atoms with Crippen molar-refractivity contribution in [3.8, 4) is 5.82 Å². The van der Waals surface area contributed by atoms with Gasteiger partial charge in [0, 0.05) is 34.8 Å². The number of H-pyrrole nitrogens is 1. The number of fused-ring (bicyclic) bond motifs is 1. The first kappa shape index (κ1) is 19.4. The van der Waals surface area contributed by atoms with Crippen molar-refractivity contribution < 1.29 is 9.59 Å². The van der Waals surface area contributed by atoms with E-state index in [4.69, 9.17) is 0 Å². The van der Waals surface area contributed by atoms with Crippen molar-refractivity contribution in [2.45, 2.75) is 26.2 Å². The molecule has 0 unspecified atom stereocenters. The Bertz CT molecular complexity index is 1220. The van der Waals surface area contributed by atoms with Crippen LogP contribution in [0.1, 0.15) is 26.5 Å². The van der Waals surface area contributed by atoms with Crippen LogP contribution < -0.4 is 10.6 Å². The number of aromatic amines is 1. The molecule has 3 N–H and O–H groups in total. The molecule has 0 radical (unpaired) electrons. The van der Waals surface area contributed by atoms with Gasteiger partial charge in [-0.2, -0.15) is 9.78 Å². The zero-order chi connectivity index (χ0) is 21.3. The first-order chi connectivity index (χ1) is 14.3. The van der Waals surface area contributed by atoms with Crippen molar-refractivity contribution in [2.24, 2.45) is 0 Å². The monoisotopic (exact) mass is 402 g/mol. The molecule has 0 aliphatic carbocycles. The molecule has 152 valence electrons. The summed E-state index contributed by atoms with van der Waals surface area (Å²) in [6.45, 7) is 6.07. The van der Waals surface area contributed by atoms with E-state index in [0.717, 1.165) is 16.6 Å². The number of hydrogen-bond acceptors (Lipinski definition) is 4. The smallest absolute Gasteiger partial charge is 0.315 e. The van der Waals surface area contributed by atoms with Crippen LogP contribution in [0.2, 0.25) is 0 Å². The average Bonchev–Trinajstić information content (AvgIpc) is 3.36. The number of hydrogen-bond donors (Lipinski definition) is 3. The predicted molar refractivity (Wildman–Crippen MR) is 116 cm³/mol. The summed E-state index contributed by atoms with van der Waals surface area (Å²) in [6, 6.07) is 14.4. The predicted octanol–water partition coefficient (Wildman–Crippen LogP) is 3.62. The molecule has 4 rings (SSSR count). The summed E-state index contributed by atoms with van der Waals surface area (Å²) in [5.74, 6) is -0.644. The number of aromatic nitrogens is 4. The second-order valence-electron chi connectivity index (χ2n) is 7.92. The summed E-state index contributed by atoms with van der Waals surface area (Å²) in [4.78, 5) is 32.6. The minimum atomic E-state index is -0.792. The molecule has 1 aromatic carbocycles. The average molecular weight is 402 g/mol. The number of carbonyl (C=O) groups is 2. The van der Waals surface area contributed by atoms with E-state index in [0.29, 0.717) is 17.3 Å². The lowest BCUT2D eigenvalue weighted by Gasteiger charge is -2.13. The van der Waals surface area contributed by atoms with Crippen LogP contribution in [0.25, 0.3) is 16.7 Å². The lowest BCUT2D eigenvalue weighted by Crippen LogP contribution is -2.30. The number of carbonyl (C=O) groups excluding carboxylic acids is 2. The standard InChI is InChI=1S/C22H22N6O2/c1-22(2,3)17-13-19(28(27-17)18-9-4-5-11-24-18)26-21(30)20(29)25-16-8-6-7-15-14(16)10-12-23-15/h4-13,23H,1-3H3,(H,25,29)(H,26,30). The third kappa shape index (κ3) is 3.80. The van der Waals surface area contributed by atoms with Gasteiger partial charge >= 0.3 is 11.8 Å². The van der Waals surface area contributed by atoms with Crippen molar-refractivity contribution in [1.82, 2.24) is 19.7 Å². The first-order valence-electron chi connectivity index (χ1n) is 9.53. The van der Waals surface area contributed by atoms with Gasteiger partial charge < -0.3 is 15.6 Å². The number of anilines is 2. The zero-order valence-electron chi connectivity index (χ0n) is 16.9. The van der Waals surface area contributed by atoms with E-state index in [1.54, 1.807) is 42.7 Å². The van der Waals surface area contributed by atoms with E-state index in [1.165, 1.54) is 4.68 Å². The van der Waals surface area contributed by atoms with Gasteiger partial charge in [-0.25, -0.2) is 4.98 Å². The normalized spacial score (nSPS) is 11.4. The van der Waals surface area contributed by atoms with Crippen LogP contribution in [0.4, 0.5) is 11.5 Å². The second-order valence-corrected chi connectivity index (χ2v) is 7.92. The molecule has 8 heteroatoms. The summed E-state index contributed by atoms with van der Waals surface area (Å²) < 4.78 is 1.53. The molecule has 2 amide bonds. The Labute approximate surface area is 173 Å². The maximum Gasteiger partial charge on any atom is 0.315 e. The van der Waals surface area contributed by atoms with Crippen molar-refractivity contribution in [3.63, 3.8) is 0 Å². The Morgan fingerprint density at radius 2 is 1.80 bits per heavy atom. The van der Waals surface area contributed by atoms with Crippen LogP contribution in [0.3, 0.4) is 0 Å². The number of rotatable bonds is 3. The minimum absolute atomic E-state index is 0.244. The van der Waals surface area contributed by atoms with Crippen molar-refractivity contribution >= 4 is 34.2 Å². The molecule has 30 heavy (non-hydrogen) atoms. The SMILES string of the molecule is CC(C)(C)c1cc(NC(=O)C(=O)Nc2cccc3[nH]ccc23)n(-c2ccccn2)n1. The van der Waals surface area contributed by atoms with Crippen molar-refractivity contribution in [2.75, 3.05) is 10.6 Å². The van der Waals surface area contributed by atoms with Gasteiger partial charge in [-0.05, 0) is 30.3 Å². The van der Waals surface area contributed by atoms with Gasteiger partial charge in [-0.3, -0.25) is 9.59 Å². The highest BCUT2D eigenvalue weighted by molar-refractivity contribution is 6.44. The van der Waals surface area contributed by atoms with Crippen LogP contribution >= 0.6 is 0 Å². The molecule has 0 aliphatic heterocycles. The zero-order valence-corrected chi connectivity index (χ0v) is 16.9. The highest BCUT2D eigenvalue weighted by Crippen LogP contribution is 2.26. The van der Waals surface area contributed by atoms with Crippen molar-refractivity contribution in [1.29, 1.82) is 0 Å². The fourth-order valence-corrected chi connectivity index (χ4v) is 3.04. The third-order valence-corrected chi connectivity index (χ3v) is 4.64. The molecule has 0 spiro atoms.